The number of hydrogen-bond acceptors (Lipinski definition) is 3. The summed E-state index contributed by atoms with van der Waals surface area (Å²) in [7, 11) is 0. The first-order chi connectivity index (χ1) is 7.67. The highest BCUT2D eigenvalue weighted by molar-refractivity contribution is 5.84. The highest BCUT2D eigenvalue weighted by Gasteiger charge is 2.25. The Morgan fingerprint density at radius 1 is 1.35 bits per heavy atom. The SMILES string of the molecule is CCC(C)[C@H](NC(=O)COC(C)(C)C)C(=O)O. The Balaban J connectivity index is 4.28. The summed E-state index contributed by atoms with van der Waals surface area (Å²) in [6.07, 6.45) is 0.692. The lowest BCUT2D eigenvalue weighted by molar-refractivity contribution is -0.145. The Hall–Kier alpha value is -1.10. The first-order valence-electron chi connectivity index (χ1n) is 5.83. The van der Waals surface area contributed by atoms with Crippen LogP contribution in [0.5, 0.6) is 0 Å². The number of aliphatic carboxylic acids is 1. The Kier molecular flexibility index (Phi) is 6.16. The lowest BCUT2D eigenvalue weighted by Gasteiger charge is -2.22. The molecule has 2 atom stereocenters. The molecule has 0 aliphatic carbocycles. The molecule has 0 aliphatic heterocycles. The number of carboxylic acids is 1. The number of nitrogens with one attached hydrogen (secondary N) is 1. The van der Waals surface area contributed by atoms with E-state index in [9.17, 15) is 9.59 Å². The average Bonchev–Trinajstić information content (AvgIpc) is 2.20. The van der Waals surface area contributed by atoms with Gasteiger partial charge in [-0.1, -0.05) is 20.3 Å². The summed E-state index contributed by atoms with van der Waals surface area (Å²) in [6, 6.07) is -0.851. The first-order valence-corrected chi connectivity index (χ1v) is 5.83. The summed E-state index contributed by atoms with van der Waals surface area (Å²) in [6.45, 7) is 9.07. The van der Waals surface area contributed by atoms with Crippen LogP contribution in [0, 0.1) is 5.92 Å². The zero-order valence-electron chi connectivity index (χ0n) is 11.2. The lowest BCUT2D eigenvalue weighted by Crippen LogP contribution is -2.46. The van der Waals surface area contributed by atoms with E-state index >= 15 is 0 Å². The van der Waals surface area contributed by atoms with Crippen molar-refractivity contribution in [3.05, 3.63) is 0 Å². The second-order valence-electron chi connectivity index (χ2n) is 5.17. The molecule has 17 heavy (non-hydrogen) atoms. The van der Waals surface area contributed by atoms with Gasteiger partial charge >= 0.3 is 5.97 Å². The molecule has 0 radical (unpaired) electrons. The van der Waals surface area contributed by atoms with Gasteiger partial charge in [0.05, 0.1) is 5.60 Å². The zero-order valence-corrected chi connectivity index (χ0v) is 11.2. The third-order valence-corrected chi connectivity index (χ3v) is 2.43. The van der Waals surface area contributed by atoms with E-state index in [-0.39, 0.29) is 12.5 Å². The van der Waals surface area contributed by atoms with Gasteiger partial charge in [0.1, 0.15) is 12.6 Å². The van der Waals surface area contributed by atoms with E-state index in [1.165, 1.54) is 0 Å². The van der Waals surface area contributed by atoms with Gasteiger partial charge in [0.25, 0.3) is 0 Å². The summed E-state index contributed by atoms with van der Waals surface area (Å²) >= 11 is 0. The van der Waals surface area contributed by atoms with Crippen molar-refractivity contribution in [1.29, 1.82) is 0 Å². The van der Waals surface area contributed by atoms with Gasteiger partial charge in [0, 0.05) is 0 Å². The number of carbonyl (C=O) groups excluding carboxylic acids is 1. The van der Waals surface area contributed by atoms with Gasteiger partial charge in [-0.2, -0.15) is 0 Å². The molecule has 0 rings (SSSR count). The summed E-state index contributed by atoms with van der Waals surface area (Å²) in [4.78, 5) is 22.5. The fourth-order valence-electron chi connectivity index (χ4n) is 1.18. The van der Waals surface area contributed by atoms with Gasteiger partial charge in [-0.05, 0) is 26.7 Å². The van der Waals surface area contributed by atoms with Gasteiger partial charge < -0.3 is 15.2 Å². The van der Waals surface area contributed by atoms with Crippen LogP contribution in [0.25, 0.3) is 0 Å². The normalized spacial score (nSPS) is 15.1. The van der Waals surface area contributed by atoms with E-state index in [4.69, 9.17) is 9.84 Å². The molecule has 5 nitrogen and oxygen atoms in total. The zero-order chi connectivity index (χ0) is 13.6. The van der Waals surface area contributed by atoms with Crippen molar-refractivity contribution >= 4 is 11.9 Å². The van der Waals surface area contributed by atoms with Crippen molar-refractivity contribution in [2.24, 2.45) is 5.92 Å². The molecule has 5 heteroatoms. The largest absolute Gasteiger partial charge is 0.480 e. The third-order valence-electron chi connectivity index (χ3n) is 2.43. The molecule has 1 amide bonds. The molecule has 0 saturated carbocycles. The van der Waals surface area contributed by atoms with E-state index in [0.29, 0.717) is 6.42 Å². The van der Waals surface area contributed by atoms with E-state index < -0.39 is 23.5 Å². The Bertz CT molecular complexity index is 270. The summed E-state index contributed by atoms with van der Waals surface area (Å²) in [5.74, 6) is -1.51. The van der Waals surface area contributed by atoms with Crippen molar-refractivity contribution in [3.8, 4) is 0 Å². The van der Waals surface area contributed by atoms with Gasteiger partial charge in [0.2, 0.25) is 5.91 Å². The van der Waals surface area contributed by atoms with Crippen molar-refractivity contribution in [1.82, 2.24) is 5.32 Å². The number of amides is 1. The van der Waals surface area contributed by atoms with E-state index in [2.05, 4.69) is 5.32 Å². The lowest BCUT2D eigenvalue weighted by atomic mass is 9.99. The minimum atomic E-state index is -1.01. The van der Waals surface area contributed by atoms with Gasteiger partial charge in [-0.3, -0.25) is 4.79 Å². The maximum absolute atomic E-state index is 11.5. The molecule has 0 heterocycles. The van der Waals surface area contributed by atoms with Crippen LogP contribution in [-0.4, -0.2) is 35.2 Å². The van der Waals surface area contributed by atoms with Crippen molar-refractivity contribution in [2.75, 3.05) is 6.61 Å². The molecular formula is C12H23NO4. The molecule has 100 valence electrons. The molecular weight excluding hydrogens is 222 g/mol. The Morgan fingerprint density at radius 3 is 2.24 bits per heavy atom. The van der Waals surface area contributed by atoms with Crippen molar-refractivity contribution < 1.29 is 19.4 Å². The van der Waals surface area contributed by atoms with Gasteiger partial charge in [-0.15, -0.1) is 0 Å². The number of carboxylic acid groups (broad SMARTS) is 1. The second kappa shape index (κ2) is 6.59. The van der Waals surface area contributed by atoms with E-state index in [1.807, 2.05) is 27.7 Å². The number of hydrogen-bond donors (Lipinski definition) is 2. The molecule has 0 saturated heterocycles. The van der Waals surface area contributed by atoms with E-state index in [1.54, 1.807) is 6.92 Å². The van der Waals surface area contributed by atoms with Crippen LogP contribution in [0.1, 0.15) is 41.0 Å². The standard InChI is InChI=1S/C12H23NO4/c1-6-8(2)10(11(15)16)13-9(14)7-17-12(3,4)5/h8,10H,6-7H2,1-5H3,(H,13,14)(H,15,16)/t8?,10-/m0/s1. The predicted octanol–water partition coefficient (Wildman–Crippen LogP) is 1.42. The molecule has 0 spiro atoms. The summed E-state index contributed by atoms with van der Waals surface area (Å²) < 4.78 is 5.28. The van der Waals surface area contributed by atoms with Crippen LogP contribution in [0.15, 0.2) is 0 Å². The Morgan fingerprint density at radius 2 is 1.88 bits per heavy atom. The summed E-state index contributed by atoms with van der Waals surface area (Å²) in [5, 5.41) is 11.5. The minimum absolute atomic E-state index is 0.105. The monoisotopic (exact) mass is 245 g/mol. The van der Waals surface area contributed by atoms with Crippen LogP contribution in [0.4, 0.5) is 0 Å². The minimum Gasteiger partial charge on any atom is -0.480 e. The number of ether oxygens (including phenoxy) is 1. The molecule has 1 unspecified atom stereocenters. The number of carbonyl (C=O) groups is 2. The highest BCUT2D eigenvalue weighted by atomic mass is 16.5. The van der Waals surface area contributed by atoms with Crippen LogP contribution in [-0.2, 0) is 14.3 Å². The van der Waals surface area contributed by atoms with Crippen molar-refractivity contribution in [2.45, 2.75) is 52.7 Å². The quantitative estimate of drug-likeness (QED) is 0.742. The molecule has 2 N–H and O–H groups in total. The highest BCUT2D eigenvalue weighted by Crippen LogP contribution is 2.09. The molecule has 0 aliphatic rings. The smallest absolute Gasteiger partial charge is 0.326 e. The molecule has 0 fully saturated rings. The second-order valence-corrected chi connectivity index (χ2v) is 5.17. The molecule has 0 aromatic heterocycles. The van der Waals surface area contributed by atoms with Gasteiger partial charge in [0.15, 0.2) is 0 Å². The van der Waals surface area contributed by atoms with Crippen LogP contribution < -0.4 is 5.32 Å². The van der Waals surface area contributed by atoms with Gasteiger partial charge in [-0.25, -0.2) is 4.79 Å². The van der Waals surface area contributed by atoms with Crippen LogP contribution >= 0.6 is 0 Å². The number of rotatable bonds is 6. The van der Waals surface area contributed by atoms with E-state index in [0.717, 1.165) is 0 Å². The third kappa shape index (κ3) is 6.94. The maximum Gasteiger partial charge on any atom is 0.326 e. The first kappa shape index (κ1) is 15.9. The van der Waals surface area contributed by atoms with Crippen molar-refractivity contribution in [3.63, 3.8) is 0 Å². The Labute approximate surface area is 103 Å². The molecule has 0 aromatic carbocycles. The fourth-order valence-corrected chi connectivity index (χ4v) is 1.18. The average molecular weight is 245 g/mol. The molecule has 0 aromatic rings. The molecule has 0 bridgehead atoms. The summed E-state index contributed by atoms with van der Waals surface area (Å²) in [5.41, 5.74) is -0.410. The maximum atomic E-state index is 11.5. The van der Waals surface area contributed by atoms with Crippen LogP contribution in [0.2, 0.25) is 0 Å². The topological polar surface area (TPSA) is 75.6 Å². The van der Waals surface area contributed by atoms with Crippen LogP contribution in [0.3, 0.4) is 0 Å². The fraction of sp³-hybridized carbons (Fsp3) is 0.833. The predicted molar refractivity (Wildman–Crippen MR) is 64.7 cm³/mol.